The molecule has 0 unspecified atom stereocenters. The van der Waals surface area contributed by atoms with Gasteiger partial charge in [0.15, 0.2) is 0 Å². The maximum absolute atomic E-state index is 13.6. The summed E-state index contributed by atoms with van der Waals surface area (Å²) in [5, 5.41) is 2.63. The molecule has 0 bridgehead atoms. The van der Waals surface area contributed by atoms with Crippen LogP contribution in [0, 0.1) is 12.7 Å². The normalized spacial score (nSPS) is 14.2. The highest BCUT2D eigenvalue weighted by atomic mass is 19.1. The van der Waals surface area contributed by atoms with E-state index < -0.39 is 11.7 Å². The van der Waals surface area contributed by atoms with E-state index in [-0.39, 0.29) is 18.7 Å². The predicted octanol–water partition coefficient (Wildman–Crippen LogP) is 1.57. The summed E-state index contributed by atoms with van der Waals surface area (Å²) >= 11 is 0. The van der Waals surface area contributed by atoms with Gasteiger partial charge in [-0.15, -0.1) is 0 Å². The SMILES string of the molecule is Cc1nc(OCCNC(=O)c2ccccc2F)cc(N2CCOCC2)n1. The third-order valence-corrected chi connectivity index (χ3v) is 3.89. The molecule has 1 aliphatic heterocycles. The zero-order valence-electron chi connectivity index (χ0n) is 14.6. The van der Waals surface area contributed by atoms with E-state index in [1.165, 1.54) is 12.1 Å². The van der Waals surface area contributed by atoms with Crippen LogP contribution in [0.4, 0.5) is 10.2 Å². The van der Waals surface area contributed by atoms with Crippen LogP contribution >= 0.6 is 0 Å². The van der Waals surface area contributed by atoms with Gasteiger partial charge in [-0.05, 0) is 19.1 Å². The Labute approximate surface area is 151 Å². The fourth-order valence-corrected chi connectivity index (χ4v) is 2.61. The van der Waals surface area contributed by atoms with Crippen molar-refractivity contribution >= 4 is 11.7 Å². The Balaban J connectivity index is 1.52. The van der Waals surface area contributed by atoms with Gasteiger partial charge in [0.05, 0.1) is 25.3 Å². The first kappa shape index (κ1) is 18.1. The summed E-state index contributed by atoms with van der Waals surface area (Å²) in [6.07, 6.45) is 0. The monoisotopic (exact) mass is 360 g/mol. The third kappa shape index (κ3) is 4.66. The topological polar surface area (TPSA) is 76.6 Å². The van der Waals surface area contributed by atoms with Gasteiger partial charge < -0.3 is 19.7 Å². The summed E-state index contributed by atoms with van der Waals surface area (Å²) in [5.41, 5.74) is 0.0139. The van der Waals surface area contributed by atoms with E-state index in [1.54, 1.807) is 25.1 Å². The van der Waals surface area contributed by atoms with Gasteiger partial charge in [-0.25, -0.2) is 9.37 Å². The van der Waals surface area contributed by atoms with Gasteiger partial charge in [0.1, 0.15) is 24.1 Å². The number of nitrogens with one attached hydrogen (secondary N) is 1. The molecule has 138 valence electrons. The molecule has 1 saturated heterocycles. The van der Waals surface area contributed by atoms with Crippen molar-refractivity contribution in [2.75, 3.05) is 44.4 Å². The van der Waals surface area contributed by atoms with Crippen molar-refractivity contribution in [1.82, 2.24) is 15.3 Å². The molecule has 1 amide bonds. The fraction of sp³-hybridized carbons (Fsp3) is 0.389. The molecule has 0 spiro atoms. The molecular weight excluding hydrogens is 339 g/mol. The standard InChI is InChI=1S/C18H21FN4O3/c1-13-21-16(23-7-10-25-11-8-23)12-17(22-13)26-9-6-20-18(24)14-4-2-3-5-15(14)19/h2-5,12H,6-11H2,1H3,(H,20,24). The van der Waals surface area contributed by atoms with Gasteiger partial charge in [0, 0.05) is 19.2 Å². The van der Waals surface area contributed by atoms with Crippen LogP contribution in [0.1, 0.15) is 16.2 Å². The van der Waals surface area contributed by atoms with Crippen molar-refractivity contribution in [3.63, 3.8) is 0 Å². The van der Waals surface area contributed by atoms with E-state index in [2.05, 4.69) is 20.2 Å². The molecule has 7 nitrogen and oxygen atoms in total. The van der Waals surface area contributed by atoms with Crippen LogP contribution in [0.5, 0.6) is 5.88 Å². The van der Waals surface area contributed by atoms with E-state index in [0.717, 1.165) is 18.9 Å². The van der Waals surface area contributed by atoms with Crippen LogP contribution in [-0.2, 0) is 4.74 Å². The summed E-state index contributed by atoms with van der Waals surface area (Å²) in [4.78, 5) is 22.7. The molecular formula is C18H21FN4O3. The Hall–Kier alpha value is -2.74. The minimum atomic E-state index is -0.549. The van der Waals surface area contributed by atoms with Crippen molar-refractivity contribution in [2.24, 2.45) is 0 Å². The molecule has 8 heteroatoms. The summed E-state index contributed by atoms with van der Waals surface area (Å²) in [5.74, 6) is 0.830. The van der Waals surface area contributed by atoms with Crippen LogP contribution in [0.25, 0.3) is 0 Å². The van der Waals surface area contributed by atoms with Crippen LogP contribution in [0.15, 0.2) is 30.3 Å². The first-order chi connectivity index (χ1) is 12.6. The Bertz CT molecular complexity index is 766. The quantitative estimate of drug-likeness (QED) is 0.788. The summed E-state index contributed by atoms with van der Waals surface area (Å²) in [7, 11) is 0. The Morgan fingerprint density at radius 3 is 2.85 bits per heavy atom. The van der Waals surface area contributed by atoms with Gasteiger partial charge in [-0.3, -0.25) is 4.79 Å². The Morgan fingerprint density at radius 1 is 1.31 bits per heavy atom. The fourth-order valence-electron chi connectivity index (χ4n) is 2.61. The second kappa shape index (κ2) is 8.57. The lowest BCUT2D eigenvalue weighted by Crippen LogP contribution is -2.37. The van der Waals surface area contributed by atoms with Gasteiger partial charge in [-0.1, -0.05) is 12.1 Å². The average molecular weight is 360 g/mol. The molecule has 26 heavy (non-hydrogen) atoms. The number of aromatic nitrogens is 2. The van der Waals surface area contributed by atoms with Gasteiger partial charge in [0.25, 0.3) is 5.91 Å². The number of hydrogen-bond acceptors (Lipinski definition) is 6. The molecule has 1 N–H and O–H groups in total. The largest absolute Gasteiger partial charge is 0.476 e. The zero-order chi connectivity index (χ0) is 18.4. The molecule has 2 aromatic rings. The first-order valence-corrected chi connectivity index (χ1v) is 8.47. The van der Waals surface area contributed by atoms with E-state index >= 15 is 0 Å². The number of benzene rings is 1. The highest BCUT2D eigenvalue weighted by Crippen LogP contribution is 2.18. The summed E-state index contributed by atoms with van der Waals surface area (Å²) < 4.78 is 24.5. The zero-order valence-corrected chi connectivity index (χ0v) is 14.6. The van der Waals surface area contributed by atoms with Crippen molar-refractivity contribution < 1.29 is 18.7 Å². The average Bonchev–Trinajstić information content (AvgIpc) is 2.66. The van der Waals surface area contributed by atoms with Crippen LogP contribution in [0.3, 0.4) is 0 Å². The van der Waals surface area contributed by atoms with Gasteiger partial charge in [0.2, 0.25) is 5.88 Å². The Kier molecular flexibility index (Phi) is 5.96. The van der Waals surface area contributed by atoms with Crippen molar-refractivity contribution in [1.29, 1.82) is 0 Å². The smallest absolute Gasteiger partial charge is 0.254 e. The number of nitrogens with zero attached hydrogens (tertiary/aromatic N) is 3. The van der Waals surface area contributed by atoms with E-state index in [9.17, 15) is 9.18 Å². The lowest BCUT2D eigenvalue weighted by molar-refractivity contribution is 0.0942. The minimum absolute atomic E-state index is 0.0139. The number of halogens is 1. The van der Waals surface area contributed by atoms with Gasteiger partial charge >= 0.3 is 0 Å². The number of amides is 1. The van der Waals surface area contributed by atoms with Crippen LogP contribution < -0.4 is 15.0 Å². The molecule has 0 atom stereocenters. The van der Waals surface area contributed by atoms with Crippen LogP contribution in [-0.4, -0.2) is 55.3 Å². The highest BCUT2D eigenvalue weighted by Gasteiger charge is 2.15. The number of rotatable bonds is 6. The van der Waals surface area contributed by atoms with Crippen molar-refractivity contribution in [3.05, 3.63) is 47.5 Å². The summed E-state index contributed by atoms with van der Waals surface area (Å²) in [6.45, 7) is 5.14. The predicted molar refractivity (Wildman–Crippen MR) is 94.0 cm³/mol. The molecule has 1 fully saturated rings. The second-order valence-electron chi connectivity index (χ2n) is 5.80. The number of carbonyl (C=O) groups excluding carboxylic acids is 1. The maximum Gasteiger partial charge on any atom is 0.254 e. The van der Waals surface area contributed by atoms with Gasteiger partial charge in [-0.2, -0.15) is 4.98 Å². The number of aryl methyl sites for hydroxylation is 1. The lowest BCUT2D eigenvalue weighted by atomic mass is 10.2. The van der Waals surface area contributed by atoms with E-state index in [1.807, 2.05) is 0 Å². The highest BCUT2D eigenvalue weighted by molar-refractivity contribution is 5.94. The number of carbonyl (C=O) groups is 1. The number of anilines is 1. The van der Waals surface area contributed by atoms with E-state index in [0.29, 0.717) is 24.9 Å². The molecule has 0 aliphatic carbocycles. The number of hydrogen-bond donors (Lipinski definition) is 1. The van der Waals surface area contributed by atoms with Crippen LogP contribution in [0.2, 0.25) is 0 Å². The molecule has 0 radical (unpaired) electrons. The first-order valence-electron chi connectivity index (χ1n) is 8.47. The minimum Gasteiger partial charge on any atom is -0.476 e. The third-order valence-electron chi connectivity index (χ3n) is 3.89. The molecule has 3 rings (SSSR count). The molecule has 1 aromatic heterocycles. The number of ether oxygens (including phenoxy) is 2. The second-order valence-corrected chi connectivity index (χ2v) is 5.80. The lowest BCUT2D eigenvalue weighted by Gasteiger charge is -2.28. The van der Waals surface area contributed by atoms with Crippen molar-refractivity contribution in [3.8, 4) is 5.88 Å². The summed E-state index contributed by atoms with van der Waals surface area (Å²) in [6, 6.07) is 7.62. The van der Waals surface area contributed by atoms with Crippen molar-refractivity contribution in [2.45, 2.75) is 6.92 Å². The van der Waals surface area contributed by atoms with E-state index in [4.69, 9.17) is 9.47 Å². The molecule has 1 aliphatic rings. The Morgan fingerprint density at radius 2 is 2.08 bits per heavy atom. The maximum atomic E-state index is 13.6. The number of morpholine rings is 1. The molecule has 2 heterocycles. The molecule has 1 aromatic carbocycles. The molecule has 0 saturated carbocycles.